The molecule has 5 aliphatic heterocycles. The van der Waals surface area contributed by atoms with Crippen LogP contribution < -0.4 is 19.9 Å². The van der Waals surface area contributed by atoms with Crippen LogP contribution in [0.15, 0.2) is 30.3 Å². The first-order valence-electron chi connectivity index (χ1n) is 15.4. The Balaban J connectivity index is 1.16. The van der Waals surface area contributed by atoms with Gasteiger partial charge < -0.3 is 19.9 Å². The summed E-state index contributed by atoms with van der Waals surface area (Å²) in [5, 5.41) is 5.40. The highest BCUT2D eigenvalue weighted by Gasteiger charge is 2.49. The highest BCUT2D eigenvalue weighted by Crippen LogP contribution is 2.41. The van der Waals surface area contributed by atoms with Gasteiger partial charge in [-0.05, 0) is 56.2 Å². The lowest BCUT2D eigenvalue weighted by molar-refractivity contribution is 0.107. The number of aromatic nitrogens is 2. The van der Waals surface area contributed by atoms with Crippen LogP contribution in [0, 0.1) is 18.2 Å². The smallest absolute Gasteiger partial charge is 0.318 e. The van der Waals surface area contributed by atoms with Gasteiger partial charge in [-0.15, -0.1) is 6.42 Å². The second-order valence-electron chi connectivity index (χ2n) is 12.8. The number of benzene rings is 2. The number of terminal acetylenes is 1. The average molecular weight is 571 g/mol. The van der Waals surface area contributed by atoms with Gasteiger partial charge in [0.05, 0.1) is 23.3 Å². The van der Waals surface area contributed by atoms with Crippen molar-refractivity contribution in [3.8, 4) is 18.4 Å². The summed E-state index contributed by atoms with van der Waals surface area (Å²) in [5.74, 6) is 3.17. The average Bonchev–Trinajstić information content (AvgIpc) is 3.65. The van der Waals surface area contributed by atoms with Crippen LogP contribution >= 0.6 is 0 Å². The van der Waals surface area contributed by atoms with E-state index in [1.807, 2.05) is 18.2 Å². The molecule has 4 atom stereocenters. The van der Waals surface area contributed by atoms with Crippen LogP contribution in [0.3, 0.4) is 0 Å². The number of nitrogens with one attached hydrogen (secondary N) is 1. The van der Waals surface area contributed by atoms with Crippen LogP contribution in [0.25, 0.3) is 10.8 Å². The minimum Gasteiger partial charge on any atom is -0.461 e. The molecule has 0 radical (unpaired) electrons. The molecule has 2 unspecified atom stereocenters. The van der Waals surface area contributed by atoms with Crippen molar-refractivity contribution in [3.63, 3.8) is 0 Å². The van der Waals surface area contributed by atoms with E-state index >= 15 is 0 Å². The van der Waals surface area contributed by atoms with Crippen molar-refractivity contribution in [2.45, 2.75) is 68.9 Å². The molecule has 3 aromatic rings. The third kappa shape index (κ3) is 4.30. The van der Waals surface area contributed by atoms with Crippen LogP contribution in [0.2, 0.25) is 0 Å². The molecule has 7 nitrogen and oxygen atoms in total. The van der Waals surface area contributed by atoms with Gasteiger partial charge in [0.15, 0.2) is 0 Å². The summed E-state index contributed by atoms with van der Waals surface area (Å²) >= 11 is 0. The van der Waals surface area contributed by atoms with E-state index in [4.69, 9.17) is 21.1 Å². The molecule has 9 heteroatoms. The molecule has 0 amide bonds. The number of ether oxygens (including phenoxy) is 1. The number of alkyl halides is 1. The van der Waals surface area contributed by atoms with Crippen LogP contribution in [0.4, 0.5) is 20.3 Å². The van der Waals surface area contributed by atoms with E-state index in [1.165, 1.54) is 18.9 Å². The predicted molar refractivity (Wildman–Crippen MR) is 159 cm³/mol. The number of anilines is 2. The number of rotatable bonds is 5. The fourth-order valence-corrected chi connectivity index (χ4v) is 8.28. The molecule has 1 N–H and O–H groups in total. The van der Waals surface area contributed by atoms with Crippen molar-refractivity contribution in [2.75, 3.05) is 49.1 Å². The fourth-order valence-electron chi connectivity index (χ4n) is 8.28. The highest BCUT2D eigenvalue weighted by molar-refractivity contribution is 5.99. The number of fused-ring (bicyclic) bond motifs is 5. The Bertz CT molecular complexity index is 1580. The lowest BCUT2D eigenvalue weighted by Crippen LogP contribution is -2.52. The van der Waals surface area contributed by atoms with E-state index in [0.29, 0.717) is 49.8 Å². The first-order chi connectivity index (χ1) is 20.5. The third-order valence-corrected chi connectivity index (χ3v) is 10.2. The standard InChI is InChI=1S/C33H36F2N6O/c1-2-25-27(35)10-7-21-5-3-6-29(30(21)25)39-14-11-26-28(19-39)37-32(38-31(26)40-17-23-8-9-24(18-40)36-23)42-20-33-12-4-13-41(33)16-22(34)15-33/h1,3,5-7,10,22-24,36H,4,8-9,11-20H2/t22-,23?,24?,33+/m1/s1. The molecule has 0 aliphatic carbocycles. The zero-order valence-electron chi connectivity index (χ0n) is 23.8. The summed E-state index contributed by atoms with van der Waals surface area (Å²) in [6.45, 7) is 4.93. The summed E-state index contributed by atoms with van der Waals surface area (Å²) in [5.41, 5.74) is 3.03. The predicted octanol–water partition coefficient (Wildman–Crippen LogP) is 4.21. The van der Waals surface area contributed by atoms with Crippen LogP contribution in [-0.4, -0.2) is 78.0 Å². The Hall–Kier alpha value is -3.48. The molecule has 42 heavy (non-hydrogen) atoms. The molecule has 218 valence electrons. The zero-order valence-corrected chi connectivity index (χ0v) is 23.8. The third-order valence-electron chi connectivity index (χ3n) is 10.2. The van der Waals surface area contributed by atoms with Crippen molar-refractivity contribution in [1.29, 1.82) is 0 Å². The van der Waals surface area contributed by atoms with Crippen LogP contribution in [-0.2, 0) is 13.0 Å². The SMILES string of the molecule is C#Cc1c(F)ccc2cccc(N3CCc4c(nc(OC[C@@]56CCCN5C[C@H](F)C6)nc4N4CC5CCC(C4)N5)C3)c12. The Morgan fingerprint density at radius 1 is 1.07 bits per heavy atom. The van der Waals surface area contributed by atoms with Gasteiger partial charge in [-0.1, -0.05) is 24.1 Å². The van der Waals surface area contributed by atoms with Gasteiger partial charge in [0, 0.05) is 61.3 Å². The molecule has 1 aromatic heterocycles. The highest BCUT2D eigenvalue weighted by atomic mass is 19.1. The van der Waals surface area contributed by atoms with Crippen LogP contribution in [0.1, 0.15) is 48.9 Å². The fraction of sp³-hybridized carbons (Fsp3) is 0.515. The van der Waals surface area contributed by atoms with Crippen molar-refractivity contribution >= 4 is 22.3 Å². The monoisotopic (exact) mass is 570 g/mol. The normalized spacial score (nSPS) is 28.6. The van der Waals surface area contributed by atoms with Crippen molar-refractivity contribution in [1.82, 2.24) is 20.2 Å². The zero-order chi connectivity index (χ0) is 28.4. The lowest BCUT2D eigenvalue weighted by Gasteiger charge is -2.38. The Labute approximate surface area is 245 Å². The minimum atomic E-state index is -0.808. The Morgan fingerprint density at radius 3 is 2.76 bits per heavy atom. The number of hydrogen-bond donors (Lipinski definition) is 1. The largest absolute Gasteiger partial charge is 0.461 e. The van der Waals surface area contributed by atoms with Gasteiger partial charge >= 0.3 is 6.01 Å². The topological polar surface area (TPSA) is 56.8 Å². The lowest BCUT2D eigenvalue weighted by atomic mass is 9.95. The van der Waals surface area contributed by atoms with E-state index in [2.05, 4.69) is 25.9 Å². The molecule has 0 saturated carbocycles. The number of piperazine rings is 1. The first kappa shape index (κ1) is 26.2. The van der Waals surface area contributed by atoms with Crippen molar-refractivity contribution < 1.29 is 13.5 Å². The number of hydrogen-bond acceptors (Lipinski definition) is 7. The molecule has 4 saturated heterocycles. The molecular weight excluding hydrogens is 534 g/mol. The molecule has 2 aromatic carbocycles. The molecular formula is C33H36F2N6O. The molecule has 4 fully saturated rings. The summed E-state index contributed by atoms with van der Waals surface area (Å²) in [6.07, 6.45) is 10.6. The summed E-state index contributed by atoms with van der Waals surface area (Å²) in [6, 6.07) is 10.5. The van der Waals surface area contributed by atoms with E-state index in [1.54, 1.807) is 6.07 Å². The number of halogens is 2. The molecule has 2 bridgehead atoms. The van der Waals surface area contributed by atoms with Crippen molar-refractivity contribution in [2.24, 2.45) is 0 Å². The Kier molecular flexibility index (Phi) is 6.27. The van der Waals surface area contributed by atoms with Gasteiger partial charge in [-0.25, -0.2) is 8.78 Å². The van der Waals surface area contributed by atoms with Gasteiger partial charge in [0.2, 0.25) is 0 Å². The minimum absolute atomic E-state index is 0.266. The first-order valence-corrected chi connectivity index (χ1v) is 15.4. The van der Waals surface area contributed by atoms with E-state index in [-0.39, 0.29) is 11.4 Å². The van der Waals surface area contributed by atoms with Crippen molar-refractivity contribution in [3.05, 3.63) is 53.0 Å². The molecule has 8 rings (SSSR count). The van der Waals surface area contributed by atoms with Gasteiger partial charge in [0.25, 0.3) is 0 Å². The maximum absolute atomic E-state index is 14.8. The quantitative estimate of drug-likeness (QED) is 0.462. The second kappa shape index (κ2) is 10.1. The summed E-state index contributed by atoms with van der Waals surface area (Å²) in [7, 11) is 0. The second-order valence-corrected chi connectivity index (χ2v) is 12.8. The van der Waals surface area contributed by atoms with Gasteiger partial charge in [0.1, 0.15) is 24.4 Å². The van der Waals surface area contributed by atoms with Gasteiger partial charge in [-0.2, -0.15) is 9.97 Å². The summed E-state index contributed by atoms with van der Waals surface area (Å²) < 4.78 is 35.6. The Morgan fingerprint density at radius 2 is 1.93 bits per heavy atom. The summed E-state index contributed by atoms with van der Waals surface area (Å²) in [4.78, 5) is 16.9. The molecule has 0 spiro atoms. The molecule has 5 aliphatic rings. The van der Waals surface area contributed by atoms with E-state index in [9.17, 15) is 8.78 Å². The van der Waals surface area contributed by atoms with E-state index < -0.39 is 6.17 Å². The van der Waals surface area contributed by atoms with Gasteiger partial charge in [-0.3, -0.25) is 4.90 Å². The maximum atomic E-state index is 14.8. The maximum Gasteiger partial charge on any atom is 0.318 e. The van der Waals surface area contributed by atoms with Crippen LogP contribution in [0.5, 0.6) is 6.01 Å². The van der Waals surface area contributed by atoms with E-state index in [0.717, 1.165) is 79.0 Å². The number of nitrogens with zero attached hydrogens (tertiary/aromatic N) is 5. The molecule has 6 heterocycles.